The van der Waals surface area contributed by atoms with Gasteiger partial charge in [-0.25, -0.2) is 4.79 Å². The molecule has 0 radical (unpaired) electrons. The van der Waals surface area contributed by atoms with E-state index in [9.17, 15) is 9.90 Å². The van der Waals surface area contributed by atoms with Gasteiger partial charge in [-0.2, -0.15) is 0 Å². The predicted octanol–water partition coefficient (Wildman–Crippen LogP) is 2.83. The summed E-state index contributed by atoms with van der Waals surface area (Å²) >= 11 is 11.8. The van der Waals surface area contributed by atoms with Gasteiger partial charge in [-0.05, 0) is 19.1 Å². The van der Waals surface area contributed by atoms with E-state index in [4.69, 9.17) is 23.2 Å². The molecule has 0 heterocycles. The number of carbonyl (C=O) groups is 1. The molecule has 0 aliphatic rings. The summed E-state index contributed by atoms with van der Waals surface area (Å²) < 4.78 is 4.54. The number of halogens is 2. The molecule has 1 rings (SSSR count). The molecule has 0 aliphatic carbocycles. The maximum atomic E-state index is 11.3. The van der Waals surface area contributed by atoms with Crippen LogP contribution in [0.5, 0.6) is 0 Å². The van der Waals surface area contributed by atoms with Crippen molar-refractivity contribution in [2.75, 3.05) is 7.11 Å². The minimum Gasteiger partial charge on any atom is -0.465 e. The highest BCUT2D eigenvalue weighted by Crippen LogP contribution is 2.33. The molecular formula is C10H10Cl2O3. The van der Waals surface area contributed by atoms with Gasteiger partial charge in [0.1, 0.15) is 0 Å². The minimum atomic E-state index is -0.838. The van der Waals surface area contributed by atoms with Crippen molar-refractivity contribution in [3.63, 3.8) is 0 Å². The second-order valence-electron chi connectivity index (χ2n) is 2.99. The first-order valence-electron chi connectivity index (χ1n) is 4.23. The summed E-state index contributed by atoms with van der Waals surface area (Å²) in [7, 11) is 1.26. The maximum Gasteiger partial charge on any atom is 0.339 e. The van der Waals surface area contributed by atoms with Crippen molar-refractivity contribution in [2.45, 2.75) is 13.0 Å². The van der Waals surface area contributed by atoms with E-state index in [1.54, 1.807) is 0 Å². The Morgan fingerprint density at radius 3 is 2.53 bits per heavy atom. The van der Waals surface area contributed by atoms with Crippen molar-refractivity contribution in [1.29, 1.82) is 0 Å². The van der Waals surface area contributed by atoms with Crippen LogP contribution in [0.15, 0.2) is 12.1 Å². The van der Waals surface area contributed by atoms with Gasteiger partial charge >= 0.3 is 5.97 Å². The fourth-order valence-corrected chi connectivity index (χ4v) is 1.98. The van der Waals surface area contributed by atoms with Crippen LogP contribution < -0.4 is 0 Å². The van der Waals surface area contributed by atoms with Crippen LogP contribution in [0.4, 0.5) is 0 Å². The lowest BCUT2D eigenvalue weighted by atomic mass is 10.1. The molecule has 0 saturated heterocycles. The Labute approximate surface area is 97.6 Å². The molecule has 0 fully saturated rings. The number of carbonyl (C=O) groups excluding carboxylic acids is 1. The summed E-state index contributed by atoms with van der Waals surface area (Å²) in [6, 6.07) is 2.96. The largest absolute Gasteiger partial charge is 0.465 e. The minimum absolute atomic E-state index is 0.129. The first-order chi connectivity index (χ1) is 6.99. The Kier molecular flexibility index (Phi) is 3.97. The van der Waals surface area contributed by atoms with Gasteiger partial charge in [-0.15, -0.1) is 0 Å². The second-order valence-corrected chi connectivity index (χ2v) is 3.78. The Morgan fingerprint density at radius 2 is 2.07 bits per heavy atom. The van der Waals surface area contributed by atoms with Gasteiger partial charge in [0.2, 0.25) is 0 Å². The number of aliphatic hydroxyl groups excluding tert-OH is 1. The number of hydrogen-bond acceptors (Lipinski definition) is 3. The van der Waals surface area contributed by atoms with Crippen LogP contribution in [0.3, 0.4) is 0 Å². The van der Waals surface area contributed by atoms with Crippen molar-refractivity contribution in [3.05, 3.63) is 33.3 Å². The molecule has 0 aliphatic heterocycles. The van der Waals surface area contributed by atoms with E-state index in [2.05, 4.69) is 4.74 Å². The number of aliphatic hydroxyl groups is 1. The highest BCUT2D eigenvalue weighted by molar-refractivity contribution is 6.38. The fraction of sp³-hybridized carbons (Fsp3) is 0.300. The summed E-state index contributed by atoms with van der Waals surface area (Å²) in [6.07, 6.45) is -0.838. The molecule has 15 heavy (non-hydrogen) atoms. The van der Waals surface area contributed by atoms with Gasteiger partial charge in [0, 0.05) is 10.6 Å². The molecule has 1 aromatic carbocycles. The smallest absolute Gasteiger partial charge is 0.339 e. The van der Waals surface area contributed by atoms with Crippen molar-refractivity contribution in [2.24, 2.45) is 0 Å². The molecule has 82 valence electrons. The van der Waals surface area contributed by atoms with Crippen LogP contribution in [0.25, 0.3) is 0 Å². The lowest BCUT2D eigenvalue weighted by Gasteiger charge is -2.12. The molecule has 1 unspecified atom stereocenters. The molecule has 0 amide bonds. The zero-order valence-electron chi connectivity index (χ0n) is 8.25. The third-order valence-corrected chi connectivity index (χ3v) is 2.69. The first kappa shape index (κ1) is 12.3. The standard InChI is InChI=1S/C10H10Cl2O3/c1-5(13)8-7(11)4-3-6(9(8)12)10(14)15-2/h3-5,13H,1-2H3. The van der Waals surface area contributed by atoms with E-state index < -0.39 is 12.1 Å². The molecule has 1 aromatic rings. The van der Waals surface area contributed by atoms with Crippen molar-refractivity contribution >= 4 is 29.2 Å². The van der Waals surface area contributed by atoms with Crippen molar-refractivity contribution < 1.29 is 14.6 Å². The highest BCUT2D eigenvalue weighted by atomic mass is 35.5. The van der Waals surface area contributed by atoms with Crippen LogP contribution in [0.1, 0.15) is 28.9 Å². The number of esters is 1. The summed E-state index contributed by atoms with van der Waals surface area (Å²) in [5.41, 5.74) is 0.528. The van der Waals surface area contributed by atoms with Gasteiger partial charge < -0.3 is 9.84 Å². The maximum absolute atomic E-state index is 11.3. The number of benzene rings is 1. The molecule has 0 aromatic heterocycles. The van der Waals surface area contributed by atoms with Crippen LogP contribution in [0.2, 0.25) is 10.0 Å². The van der Waals surface area contributed by atoms with Crippen LogP contribution in [0, 0.1) is 0 Å². The lowest BCUT2D eigenvalue weighted by Crippen LogP contribution is -2.05. The monoisotopic (exact) mass is 248 g/mol. The number of rotatable bonds is 2. The third-order valence-electron chi connectivity index (χ3n) is 1.95. The van der Waals surface area contributed by atoms with E-state index in [-0.39, 0.29) is 10.6 Å². The third kappa shape index (κ3) is 2.43. The van der Waals surface area contributed by atoms with E-state index in [1.165, 1.54) is 26.2 Å². The van der Waals surface area contributed by atoms with E-state index >= 15 is 0 Å². The zero-order chi connectivity index (χ0) is 11.6. The van der Waals surface area contributed by atoms with Crippen LogP contribution in [-0.4, -0.2) is 18.2 Å². The van der Waals surface area contributed by atoms with Crippen LogP contribution in [-0.2, 0) is 4.74 Å². The van der Waals surface area contributed by atoms with Crippen LogP contribution >= 0.6 is 23.2 Å². The average molecular weight is 249 g/mol. The van der Waals surface area contributed by atoms with Crippen molar-refractivity contribution in [1.82, 2.24) is 0 Å². The van der Waals surface area contributed by atoms with Crippen molar-refractivity contribution in [3.8, 4) is 0 Å². The quantitative estimate of drug-likeness (QED) is 0.819. The summed E-state index contributed by atoms with van der Waals surface area (Å²) in [4.78, 5) is 11.3. The molecule has 5 heteroatoms. The van der Waals surface area contributed by atoms with E-state index in [0.29, 0.717) is 10.6 Å². The molecular weight excluding hydrogens is 239 g/mol. The zero-order valence-corrected chi connectivity index (χ0v) is 9.76. The van der Waals surface area contributed by atoms with Gasteiger partial charge in [0.25, 0.3) is 0 Å². The second kappa shape index (κ2) is 4.84. The number of ether oxygens (including phenoxy) is 1. The van der Waals surface area contributed by atoms with Gasteiger partial charge in [-0.1, -0.05) is 23.2 Å². The molecule has 0 spiro atoms. The van der Waals surface area contributed by atoms with E-state index in [1.807, 2.05) is 0 Å². The summed E-state index contributed by atoms with van der Waals surface area (Å²) in [5.74, 6) is -0.557. The van der Waals surface area contributed by atoms with Gasteiger partial charge in [-0.3, -0.25) is 0 Å². The Hall–Kier alpha value is -0.770. The Bertz CT molecular complexity index is 388. The van der Waals surface area contributed by atoms with Gasteiger partial charge in [0.15, 0.2) is 0 Å². The first-order valence-corrected chi connectivity index (χ1v) is 4.99. The normalized spacial score (nSPS) is 12.3. The number of hydrogen-bond donors (Lipinski definition) is 1. The molecule has 1 N–H and O–H groups in total. The van der Waals surface area contributed by atoms with E-state index in [0.717, 1.165) is 0 Å². The molecule has 3 nitrogen and oxygen atoms in total. The highest BCUT2D eigenvalue weighted by Gasteiger charge is 2.19. The van der Waals surface area contributed by atoms with Gasteiger partial charge in [0.05, 0.1) is 23.8 Å². The Balaban J connectivity index is 3.35. The average Bonchev–Trinajstić information content (AvgIpc) is 2.16. The molecule has 0 saturated carbocycles. The predicted molar refractivity (Wildman–Crippen MR) is 58.4 cm³/mol. The summed E-state index contributed by atoms with van der Waals surface area (Å²) in [5, 5.41) is 9.89. The SMILES string of the molecule is COC(=O)c1ccc(Cl)c(C(C)O)c1Cl. The Morgan fingerprint density at radius 1 is 1.47 bits per heavy atom. The fourth-order valence-electron chi connectivity index (χ4n) is 1.22. The number of methoxy groups -OCH3 is 1. The molecule has 0 bridgehead atoms. The summed E-state index contributed by atoms with van der Waals surface area (Å²) in [6.45, 7) is 1.52. The lowest BCUT2D eigenvalue weighted by molar-refractivity contribution is 0.0600. The topological polar surface area (TPSA) is 46.5 Å². The molecule has 1 atom stereocenters.